The van der Waals surface area contributed by atoms with Crippen LogP contribution in [0.25, 0.3) is 6.08 Å². The summed E-state index contributed by atoms with van der Waals surface area (Å²) in [7, 11) is 3.09. The van der Waals surface area contributed by atoms with Gasteiger partial charge in [-0.05, 0) is 35.9 Å². The summed E-state index contributed by atoms with van der Waals surface area (Å²) in [4.78, 5) is 26.8. The normalized spacial score (nSPS) is 15.0. The fourth-order valence-electron chi connectivity index (χ4n) is 2.63. The van der Waals surface area contributed by atoms with Crippen LogP contribution in [0, 0.1) is 0 Å². The summed E-state index contributed by atoms with van der Waals surface area (Å²) in [5.74, 6) is 0.426. The molecule has 2 aromatic rings. The Balaban J connectivity index is 1.73. The molecule has 0 bridgehead atoms. The van der Waals surface area contributed by atoms with Gasteiger partial charge in [-0.15, -0.1) is 0 Å². The molecule has 0 unspecified atom stereocenters. The lowest BCUT2D eigenvalue weighted by atomic mass is 10.2. The van der Waals surface area contributed by atoms with Crippen LogP contribution in [0.3, 0.4) is 0 Å². The number of amides is 2. The van der Waals surface area contributed by atoms with Gasteiger partial charge in [-0.3, -0.25) is 14.5 Å². The minimum Gasteiger partial charge on any atom is -0.493 e. The van der Waals surface area contributed by atoms with Crippen LogP contribution >= 0.6 is 35.6 Å². The number of thioether (sulfide) groups is 1. The van der Waals surface area contributed by atoms with E-state index in [1.807, 2.05) is 0 Å². The average Bonchev–Trinajstić information content (AvgIpc) is 2.97. The van der Waals surface area contributed by atoms with Crippen molar-refractivity contribution in [3.8, 4) is 11.5 Å². The summed E-state index contributed by atoms with van der Waals surface area (Å²) in [5, 5.41) is 3.10. The maximum absolute atomic E-state index is 12.7. The van der Waals surface area contributed by atoms with E-state index in [1.54, 1.807) is 62.8 Å². The molecule has 29 heavy (non-hydrogen) atoms. The average molecular weight is 449 g/mol. The fraction of sp³-hybridized carbons (Fsp3) is 0.150. The fourth-order valence-corrected chi connectivity index (χ4v) is 4.06. The first-order valence-electron chi connectivity index (χ1n) is 8.44. The number of carbonyl (C=O) groups is 2. The summed E-state index contributed by atoms with van der Waals surface area (Å²) >= 11 is 12.5. The van der Waals surface area contributed by atoms with Crippen molar-refractivity contribution in [3.63, 3.8) is 0 Å². The molecule has 0 atom stereocenters. The molecular formula is C20H17ClN2O4S2. The zero-order valence-corrected chi connectivity index (χ0v) is 18.0. The van der Waals surface area contributed by atoms with Gasteiger partial charge in [0.15, 0.2) is 11.5 Å². The standard InChI is InChI=1S/C20H17ClN2O4S2/c1-26-15-8-7-12(9-16(15)27-2)10-17-19(25)23(20(28)29-17)11-18(24)22-14-6-4-3-5-13(14)21/h3-10H,11H2,1-2H3,(H,22,24)/b17-10-. The number of hydrogen-bond acceptors (Lipinski definition) is 6. The molecule has 9 heteroatoms. The van der Waals surface area contributed by atoms with Crippen molar-refractivity contribution in [2.45, 2.75) is 0 Å². The van der Waals surface area contributed by atoms with E-state index in [4.69, 9.17) is 33.3 Å². The molecule has 6 nitrogen and oxygen atoms in total. The van der Waals surface area contributed by atoms with E-state index < -0.39 is 0 Å². The highest BCUT2D eigenvalue weighted by Gasteiger charge is 2.33. The summed E-state index contributed by atoms with van der Waals surface area (Å²) in [6.07, 6.45) is 1.70. The van der Waals surface area contributed by atoms with Gasteiger partial charge in [0.1, 0.15) is 10.9 Å². The number of anilines is 1. The third kappa shape index (κ3) is 4.90. The highest BCUT2D eigenvalue weighted by Crippen LogP contribution is 2.34. The van der Waals surface area contributed by atoms with E-state index in [0.717, 1.165) is 17.3 Å². The number of halogens is 1. The number of rotatable bonds is 6. The first kappa shape index (κ1) is 21.2. The van der Waals surface area contributed by atoms with Crippen LogP contribution in [-0.2, 0) is 9.59 Å². The number of carbonyl (C=O) groups excluding carboxylic acids is 2. The molecule has 150 valence electrons. The minimum atomic E-state index is -0.387. The summed E-state index contributed by atoms with van der Waals surface area (Å²) in [6.45, 7) is -0.195. The van der Waals surface area contributed by atoms with E-state index in [0.29, 0.717) is 31.4 Å². The summed E-state index contributed by atoms with van der Waals surface area (Å²) in [5.41, 5.74) is 1.23. The second kappa shape index (κ2) is 9.30. The summed E-state index contributed by atoms with van der Waals surface area (Å²) in [6, 6.07) is 12.2. The number of nitrogens with zero attached hydrogens (tertiary/aromatic N) is 1. The number of methoxy groups -OCH3 is 2. The smallest absolute Gasteiger partial charge is 0.266 e. The van der Waals surface area contributed by atoms with Gasteiger partial charge >= 0.3 is 0 Å². The van der Waals surface area contributed by atoms with Crippen molar-refractivity contribution in [3.05, 3.63) is 58.0 Å². The molecule has 0 radical (unpaired) electrons. The van der Waals surface area contributed by atoms with E-state index in [2.05, 4.69) is 5.32 Å². The molecule has 0 aromatic heterocycles. The predicted molar refractivity (Wildman–Crippen MR) is 120 cm³/mol. The molecule has 0 spiro atoms. The second-order valence-corrected chi connectivity index (χ2v) is 7.99. The van der Waals surface area contributed by atoms with Gasteiger partial charge in [0.05, 0.1) is 29.8 Å². The molecule has 1 aliphatic heterocycles. The van der Waals surface area contributed by atoms with Gasteiger partial charge in [-0.2, -0.15) is 0 Å². The number of ether oxygens (including phenoxy) is 2. The Labute approximate surface area is 182 Å². The molecule has 3 rings (SSSR count). The lowest BCUT2D eigenvalue weighted by Gasteiger charge is -2.14. The molecule has 2 aromatic carbocycles. The molecule has 0 saturated carbocycles. The molecular weight excluding hydrogens is 432 g/mol. The van der Waals surface area contributed by atoms with E-state index in [9.17, 15) is 9.59 Å². The SMILES string of the molecule is COc1ccc(/C=C2\SC(=S)N(CC(=O)Nc3ccccc3Cl)C2=O)cc1OC. The Hall–Kier alpha value is -2.55. The molecule has 1 saturated heterocycles. The Morgan fingerprint density at radius 3 is 2.62 bits per heavy atom. The Morgan fingerprint density at radius 2 is 1.93 bits per heavy atom. The molecule has 0 aliphatic carbocycles. The monoisotopic (exact) mass is 448 g/mol. The van der Waals surface area contributed by atoms with Crippen LogP contribution in [0.15, 0.2) is 47.4 Å². The maximum Gasteiger partial charge on any atom is 0.266 e. The number of thiocarbonyl (C=S) groups is 1. The first-order valence-corrected chi connectivity index (χ1v) is 10.0. The van der Waals surface area contributed by atoms with E-state index in [-0.39, 0.29) is 18.4 Å². The third-order valence-electron chi connectivity index (χ3n) is 4.03. The topological polar surface area (TPSA) is 67.9 Å². The van der Waals surface area contributed by atoms with Crippen molar-refractivity contribution in [1.82, 2.24) is 4.90 Å². The molecule has 1 fully saturated rings. The lowest BCUT2D eigenvalue weighted by Crippen LogP contribution is -2.36. The van der Waals surface area contributed by atoms with Crippen molar-refractivity contribution < 1.29 is 19.1 Å². The highest BCUT2D eigenvalue weighted by atomic mass is 35.5. The zero-order chi connectivity index (χ0) is 21.0. The first-order chi connectivity index (χ1) is 13.9. The van der Waals surface area contributed by atoms with Gasteiger partial charge in [-0.1, -0.05) is 53.8 Å². The molecule has 1 heterocycles. The van der Waals surface area contributed by atoms with Crippen molar-refractivity contribution in [2.75, 3.05) is 26.1 Å². The van der Waals surface area contributed by atoms with Crippen molar-refractivity contribution in [2.24, 2.45) is 0 Å². The highest BCUT2D eigenvalue weighted by molar-refractivity contribution is 8.26. The number of hydrogen-bond donors (Lipinski definition) is 1. The Morgan fingerprint density at radius 1 is 1.21 bits per heavy atom. The van der Waals surface area contributed by atoms with Crippen LogP contribution < -0.4 is 14.8 Å². The van der Waals surface area contributed by atoms with Crippen molar-refractivity contribution >= 4 is 63.5 Å². The van der Waals surface area contributed by atoms with Gasteiger partial charge in [0.2, 0.25) is 5.91 Å². The second-order valence-electron chi connectivity index (χ2n) is 5.91. The predicted octanol–water partition coefficient (Wildman–Crippen LogP) is 4.20. The quantitative estimate of drug-likeness (QED) is 0.527. The zero-order valence-electron chi connectivity index (χ0n) is 15.6. The molecule has 1 aliphatic rings. The van der Waals surface area contributed by atoms with Gasteiger partial charge in [0, 0.05) is 0 Å². The lowest BCUT2D eigenvalue weighted by molar-refractivity contribution is -0.126. The van der Waals surface area contributed by atoms with Crippen LogP contribution in [0.4, 0.5) is 5.69 Å². The van der Waals surface area contributed by atoms with E-state index >= 15 is 0 Å². The van der Waals surface area contributed by atoms with Crippen LogP contribution in [0.2, 0.25) is 5.02 Å². The summed E-state index contributed by atoms with van der Waals surface area (Å²) < 4.78 is 10.8. The minimum absolute atomic E-state index is 0.195. The molecule has 2 amide bonds. The largest absolute Gasteiger partial charge is 0.493 e. The van der Waals surface area contributed by atoms with Crippen LogP contribution in [-0.4, -0.2) is 41.8 Å². The van der Waals surface area contributed by atoms with Gasteiger partial charge in [-0.25, -0.2) is 0 Å². The number of para-hydroxylation sites is 1. The number of benzene rings is 2. The van der Waals surface area contributed by atoms with Gasteiger partial charge < -0.3 is 14.8 Å². The Bertz CT molecular complexity index is 1010. The van der Waals surface area contributed by atoms with Crippen LogP contribution in [0.5, 0.6) is 11.5 Å². The maximum atomic E-state index is 12.7. The Kier molecular flexibility index (Phi) is 6.79. The van der Waals surface area contributed by atoms with Gasteiger partial charge in [0.25, 0.3) is 5.91 Å². The van der Waals surface area contributed by atoms with Crippen molar-refractivity contribution in [1.29, 1.82) is 0 Å². The number of nitrogens with one attached hydrogen (secondary N) is 1. The molecule has 1 N–H and O–H groups in total. The van der Waals surface area contributed by atoms with E-state index in [1.165, 1.54) is 4.90 Å². The van der Waals surface area contributed by atoms with Crippen LogP contribution in [0.1, 0.15) is 5.56 Å². The third-order valence-corrected chi connectivity index (χ3v) is 5.74.